The third kappa shape index (κ3) is 4.49. The number of aromatic nitrogens is 1. The van der Waals surface area contributed by atoms with Crippen molar-refractivity contribution in [1.82, 2.24) is 4.98 Å². The van der Waals surface area contributed by atoms with Crippen molar-refractivity contribution in [1.29, 1.82) is 0 Å². The molecule has 1 atom stereocenters. The smallest absolute Gasteiger partial charge is 0.140 e. The Bertz CT molecular complexity index is 608. The Kier molecular flexibility index (Phi) is 5.22. The van der Waals surface area contributed by atoms with E-state index in [4.69, 9.17) is 10.9 Å². The molecule has 110 valence electrons. The monoisotopic (exact) mass is 301 g/mol. The average molecular weight is 301 g/mol. The maximum Gasteiger partial charge on any atom is 0.140 e. The van der Waals surface area contributed by atoms with Gasteiger partial charge in [0.05, 0.1) is 5.03 Å². The van der Waals surface area contributed by atoms with Gasteiger partial charge in [-0.15, -0.1) is 0 Å². The summed E-state index contributed by atoms with van der Waals surface area (Å²) in [6.45, 7) is 4.04. The van der Waals surface area contributed by atoms with Gasteiger partial charge in [-0.25, -0.2) is 4.98 Å². The molecule has 1 aromatic heterocycles. The fourth-order valence-electron chi connectivity index (χ4n) is 2.14. The Hall–Kier alpha value is -2.01. The lowest BCUT2D eigenvalue weighted by atomic mass is 10.1. The maximum atomic E-state index is 8.82. The van der Waals surface area contributed by atoms with E-state index in [0.29, 0.717) is 6.42 Å². The van der Waals surface area contributed by atoms with Gasteiger partial charge in [-0.2, -0.15) is 0 Å². The fraction of sp³-hybridized carbons (Fsp3) is 0.250. The van der Waals surface area contributed by atoms with E-state index < -0.39 is 0 Å². The van der Waals surface area contributed by atoms with E-state index >= 15 is 0 Å². The van der Waals surface area contributed by atoms with Crippen molar-refractivity contribution >= 4 is 17.6 Å². The van der Waals surface area contributed by atoms with E-state index in [1.165, 1.54) is 5.56 Å². The number of thioether (sulfide) groups is 1. The third-order valence-corrected chi connectivity index (χ3v) is 4.21. The molecule has 0 aliphatic heterocycles. The van der Waals surface area contributed by atoms with E-state index in [1.54, 1.807) is 11.8 Å². The lowest BCUT2D eigenvalue weighted by Crippen LogP contribution is -2.14. The summed E-state index contributed by atoms with van der Waals surface area (Å²) in [4.78, 5) is 4.55. The average Bonchev–Trinajstić information content (AvgIpc) is 2.46. The Balaban J connectivity index is 2.27. The first-order valence-corrected chi connectivity index (χ1v) is 7.59. The number of hydrogen-bond acceptors (Lipinski definition) is 4. The summed E-state index contributed by atoms with van der Waals surface area (Å²) in [6.07, 6.45) is 0.472. The number of hydrogen-bond donors (Lipinski definition) is 2. The van der Waals surface area contributed by atoms with E-state index in [-0.39, 0.29) is 11.1 Å². The summed E-state index contributed by atoms with van der Waals surface area (Å²) in [5, 5.41) is 12.9. The molecule has 0 spiro atoms. The molecule has 2 aromatic rings. The van der Waals surface area contributed by atoms with Crippen LogP contribution in [0.4, 0.5) is 0 Å². The number of oxime groups is 1. The zero-order valence-corrected chi connectivity index (χ0v) is 13.0. The van der Waals surface area contributed by atoms with Crippen LogP contribution in [0.25, 0.3) is 0 Å². The summed E-state index contributed by atoms with van der Waals surface area (Å²) in [5.41, 5.74) is 9.00. The highest BCUT2D eigenvalue weighted by Crippen LogP contribution is 2.37. The fourth-order valence-corrected chi connectivity index (χ4v) is 3.43. The standard InChI is InChI=1S/C16H19N3OS/c1-11-8-12(2)18-16(9-11)21-14(10-15(17)19-20)13-6-4-3-5-7-13/h3-9,14,20H,10H2,1-2H3,(H2,17,19). The summed E-state index contributed by atoms with van der Waals surface area (Å²) < 4.78 is 0. The molecule has 0 aliphatic rings. The van der Waals surface area contributed by atoms with Crippen molar-refractivity contribution in [3.63, 3.8) is 0 Å². The predicted octanol–water partition coefficient (Wildman–Crippen LogP) is 3.67. The minimum Gasteiger partial charge on any atom is -0.409 e. The molecule has 1 aromatic carbocycles. The van der Waals surface area contributed by atoms with Crippen molar-refractivity contribution in [2.45, 2.75) is 30.5 Å². The van der Waals surface area contributed by atoms with Crippen molar-refractivity contribution in [2.24, 2.45) is 10.9 Å². The predicted molar refractivity (Wildman–Crippen MR) is 86.8 cm³/mol. The minimum absolute atomic E-state index is 0.0656. The van der Waals surface area contributed by atoms with Crippen molar-refractivity contribution in [2.75, 3.05) is 0 Å². The molecule has 0 amide bonds. The Morgan fingerprint density at radius 1 is 1.29 bits per heavy atom. The SMILES string of the molecule is Cc1cc(C)nc(SC(C/C(N)=N/O)c2ccccc2)c1. The third-order valence-electron chi connectivity index (χ3n) is 3.03. The molecule has 21 heavy (non-hydrogen) atoms. The number of benzene rings is 1. The second kappa shape index (κ2) is 7.13. The van der Waals surface area contributed by atoms with Gasteiger partial charge >= 0.3 is 0 Å². The molecule has 0 radical (unpaired) electrons. The van der Waals surface area contributed by atoms with Crippen LogP contribution in [0.5, 0.6) is 0 Å². The van der Waals surface area contributed by atoms with Crippen LogP contribution in [-0.4, -0.2) is 16.0 Å². The lowest BCUT2D eigenvalue weighted by Gasteiger charge is -2.16. The Labute approximate surface area is 129 Å². The second-order valence-corrected chi connectivity index (χ2v) is 6.16. The van der Waals surface area contributed by atoms with Crippen molar-refractivity contribution < 1.29 is 5.21 Å². The van der Waals surface area contributed by atoms with Crippen LogP contribution in [0.15, 0.2) is 52.6 Å². The van der Waals surface area contributed by atoms with Gasteiger partial charge in [-0.3, -0.25) is 0 Å². The summed E-state index contributed by atoms with van der Waals surface area (Å²) in [6, 6.07) is 14.2. The highest BCUT2D eigenvalue weighted by molar-refractivity contribution is 7.99. The van der Waals surface area contributed by atoms with Crippen LogP contribution in [0.3, 0.4) is 0 Å². The molecule has 0 bridgehead atoms. The zero-order chi connectivity index (χ0) is 15.2. The van der Waals surface area contributed by atoms with Gasteiger partial charge in [-0.05, 0) is 37.1 Å². The molecular formula is C16H19N3OS. The van der Waals surface area contributed by atoms with Crippen molar-refractivity contribution in [3.8, 4) is 0 Å². The second-order valence-electron chi connectivity index (χ2n) is 4.94. The van der Waals surface area contributed by atoms with Gasteiger partial charge in [0.15, 0.2) is 0 Å². The molecular weight excluding hydrogens is 282 g/mol. The molecule has 2 rings (SSSR count). The minimum atomic E-state index is 0.0656. The Morgan fingerprint density at radius 3 is 2.62 bits per heavy atom. The highest BCUT2D eigenvalue weighted by atomic mass is 32.2. The maximum absolute atomic E-state index is 8.82. The van der Waals surface area contributed by atoms with Gasteiger partial charge in [0.25, 0.3) is 0 Å². The van der Waals surface area contributed by atoms with E-state index in [1.807, 2.05) is 43.3 Å². The number of nitrogens with two attached hydrogens (primary N) is 1. The number of rotatable bonds is 5. The number of amidine groups is 1. The van der Waals surface area contributed by atoms with E-state index in [0.717, 1.165) is 16.3 Å². The van der Waals surface area contributed by atoms with Crippen LogP contribution >= 0.6 is 11.8 Å². The molecule has 0 saturated heterocycles. The summed E-state index contributed by atoms with van der Waals surface area (Å²) in [5.74, 6) is 0.223. The zero-order valence-electron chi connectivity index (χ0n) is 12.2. The largest absolute Gasteiger partial charge is 0.409 e. The van der Waals surface area contributed by atoms with Gasteiger partial charge in [0.1, 0.15) is 5.84 Å². The van der Waals surface area contributed by atoms with Crippen LogP contribution in [0, 0.1) is 13.8 Å². The first-order valence-electron chi connectivity index (χ1n) is 6.72. The van der Waals surface area contributed by atoms with Crippen molar-refractivity contribution in [3.05, 3.63) is 59.3 Å². The molecule has 0 saturated carbocycles. The summed E-state index contributed by atoms with van der Waals surface area (Å²) in [7, 11) is 0. The number of pyridine rings is 1. The first kappa shape index (κ1) is 15.4. The molecule has 4 nitrogen and oxygen atoms in total. The number of nitrogens with zero attached hydrogens (tertiary/aromatic N) is 2. The quantitative estimate of drug-likeness (QED) is 0.290. The van der Waals surface area contributed by atoms with E-state index in [9.17, 15) is 0 Å². The van der Waals surface area contributed by atoms with Crippen LogP contribution < -0.4 is 5.73 Å². The van der Waals surface area contributed by atoms with Crippen LogP contribution in [0.2, 0.25) is 0 Å². The van der Waals surface area contributed by atoms with Gasteiger partial charge in [-0.1, -0.05) is 47.2 Å². The lowest BCUT2D eigenvalue weighted by molar-refractivity contribution is 0.317. The van der Waals surface area contributed by atoms with Crippen LogP contribution in [0.1, 0.15) is 28.5 Å². The van der Waals surface area contributed by atoms with Gasteiger partial charge < -0.3 is 10.9 Å². The molecule has 3 N–H and O–H groups in total. The highest BCUT2D eigenvalue weighted by Gasteiger charge is 2.16. The van der Waals surface area contributed by atoms with E-state index in [2.05, 4.69) is 23.1 Å². The summed E-state index contributed by atoms with van der Waals surface area (Å²) >= 11 is 1.63. The first-order chi connectivity index (χ1) is 10.1. The Morgan fingerprint density at radius 2 is 2.00 bits per heavy atom. The van der Waals surface area contributed by atoms with Gasteiger partial charge in [0, 0.05) is 17.4 Å². The van der Waals surface area contributed by atoms with Gasteiger partial charge in [0.2, 0.25) is 0 Å². The number of aryl methyl sites for hydroxylation is 2. The topological polar surface area (TPSA) is 71.5 Å². The molecule has 1 heterocycles. The molecule has 0 aliphatic carbocycles. The van der Waals surface area contributed by atoms with Crippen LogP contribution in [-0.2, 0) is 0 Å². The molecule has 0 fully saturated rings. The normalized spacial score (nSPS) is 13.1. The molecule has 1 unspecified atom stereocenters. The molecule has 5 heteroatoms.